The minimum atomic E-state index is 0. The number of benzene rings is 3. The van der Waals surface area contributed by atoms with Gasteiger partial charge in [-0.15, -0.1) is 0 Å². The lowest BCUT2D eigenvalue weighted by Gasteiger charge is -2.02. The fraction of sp³-hybridized carbons (Fsp3) is 0.221. The summed E-state index contributed by atoms with van der Waals surface area (Å²) in [5.74, 6) is 4.89. The van der Waals surface area contributed by atoms with Gasteiger partial charge in [0.25, 0.3) is 17.3 Å². The topological polar surface area (TPSA) is 96.2 Å². The predicted octanol–water partition coefficient (Wildman–Crippen LogP) is 10.3. The van der Waals surface area contributed by atoms with E-state index in [0.717, 1.165) is 41.9 Å². The molecule has 0 bridgehead atoms. The highest BCUT2D eigenvalue weighted by molar-refractivity contribution is 5.59. The molecule has 3 aromatic carbocycles. The number of nitrogens with zero attached hydrogens (tertiary/aromatic N) is 16. The zero-order valence-electron chi connectivity index (χ0n) is 48.3. The van der Waals surface area contributed by atoms with Crippen molar-refractivity contribution in [2.45, 2.75) is 75.7 Å². The Bertz CT molecular complexity index is 4770. The number of aryl methyl sites for hydroxylation is 8. The maximum atomic E-state index is 4.30. The Morgan fingerprint density at radius 3 is 1.99 bits per heavy atom. The van der Waals surface area contributed by atoms with Crippen molar-refractivity contribution in [3.63, 3.8) is 0 Å². The third kappa shape index (κ3) is 9.62. The van der Waals surface area contributed by atoms with Crippen LogP contribution < -0.4 is 18.1 Å². The molecule has 0 N–H and O–H groups in total. The maximum Gasteiger partial charge on any atom is 0.374 e. The lowest BCUT2D eigenvalue weighted by atomic mass is 10.1. The monoisotopic (exact) mass is 1120 g/mol. The maximum absolute atomic E-state index is 4.30. The second kappa shape index (κ2) is 22.3. The van der Waals surface area contributed by atoms with Crippen LogP contribution in [0.15, 0.2) is 196 Å². The molecule has 0 atom stereocenters. The molecule has 12 aromatic heterocycles. The van der Waals surface area contributed by atoms with Gasteiger partial charge in [-0.1, -0.05) is 81.6 Å². The lowest BCUT2D eigenvalue weighted by molar-refractivity contribution is -0.676. The molecule has 84 heavy (non-hydrogen) atoms. The number of imidazole rings is 9. The van der Waals surface area contributed by atoms with Crippen molar-refractivity contribution in [2.24, 2.45) is 28.2 Å². The molecule has 0 saturated carbocycles. The molecule has 0 fully saturated rings. The molecule has 16 heteroatoms. The van der Waals surface area contributed by atoms with E-state index in [4.69, 9.17) is 0 Å². The van der Waals surface area contributed by atoms with Crippen LogP contribution in [0.3, 0.4) is 0 Å². The minimum absolute atomic E-state index is 0. The summed E-state index contributed by atoms with van der Waals surface area (Å²) in [4.78, 5) is 8.51. The van der Waals surface area contributed by atoms with Crippen LogP contribution in [0, 0.1) is 41.5 Å². The highest BCUT2D eigenvalue weighted by atomic mass is 15.3. The summed E-state index contributed by atoms with van der Waals surface area (Å²) in [5.41, 5.74) is 21.7. The first kappa shape index (κ1) is 55.8. The number of rotatable bonds is 0. The first-order chi connectivity index (χ1) is 39.8. The number of pyridine rings is 2. The van der Waals surface area contributed by atoms with Crippen LogP contribution in [-0.2, 0) is 47.5 Å². The molecule has 18 rings (SSSR count). The number of fused-ring (bicyclic) bond motifs is 18. The number of para-hydroxylation sites is 3. The van der Waals surface area contributed by atoms with E-state index in [9.17, 15) is 0 Å². The van der Waals surface area contributed by atoms with Crippen LogP contribution in [0.5, 0.6) is 0 Å². The van der Waals surface area contributed by atoms with Gasteiger partial charge in [0.05, 0.1) is 63.2 Å². The van der Waals surface area contributed by atoms with E-state index in [1.807, 2.05) is 47.3 Å². The Morgan fingerprint density at radius 1 is 0.560 bits per heavy atom. The van der Waals surface area contributed by atoms with Crippen molar-refractivity contribution in [1.82, 2.24) is 55.5 Å². The van der Waals surface area contributed by atoms with Gasteiger partial charge < -0.3 is 4.57 Å². The van der Waals surface area contributed by atoms with Crippen LogP contribution in [-0.4, -0.2) is 55.5 Å². The molecular formula is C68H76N16+4. The van der Waals surface area contributed by atoms with Gasteiger partial charge in [0.2, 0.25) is 6.33 Å². The third-order valence-corrected chi connectivity index (χ3v) is 16.6. The first-order valence-corrected chi connectivity index (χ1v) is 27.9. The summed E-state index contributed by atoms with van der Waals surface area (Å²) < 4.78 is 28.2. The molecule has 0 spiro atoms. The second-order valence-electron chi connectivity index (χ2n) is 21.6. The number of hydrogen-bond acceptors (Lipinski definition) is 3. The molecule has 0 radical (unpaired) electrons. The van der Waals surface area contributed by atoms with Gasteiger partial charge >= 0.3 is 5.78 Å². The molecule has 0 amide bonds. The van der Waals surface area contributed by atoms with Gasteiger partial charge in [-0.2, -0.15) is 18.6 Å². The Hall–Kier alpha value is -10.1. The quantitative estimate of drug-likeness (QED) is 0.142. The van der Waals surface area contributed by atoms with E-state index >= 15 is 0 Å². The summed E-state index contributed by atoms with van der Waals surface area (Å²) in [6.07, 6.45) is 27.8. The van der Waals surface area contributed by atoms with Gasteiger partial charge in [-0.3, -0.25) is 8.80 Å². The molecule has 424 valence electrons. The summed E-state index contributed by atoms with van der Waals surface area (Å²) in [7, 11) is 8.39. The molecule has 16 nitrogen and oxygen atoms in total. The molecule has 0 aliphatic carbocycles. The molecular weight excluding hydrogens is 1040 g/mol. The van der Waals surface area contributed by atoms with E-state index in [0.29, 0.717) is 0 Å². The Balaban J connectivity index is 0.000000105. The Kier molecular flexibility index (Phi) is 14.8. The highest BCUT2D eigenvalue weighted by Gasteiger charge is 2.30. The van der Waals surface area contributed by atoms with Gasteiger partial charge in [-0.25, -0.2) is 41.6 Å². The normalized spacial score (nSPS) is 11.8. The number of aromatic nitrogens is 16. The van der Waals surface area contributed by atoms with E-state index in [1.165, 1.54) is 96.3 Å². The molecule has 0 saturated heterocycles. The zero-order chi connectivity index (χ0) is 56.5. The van der Waals surface area contributed by atoms with Crippen LogP contribution in [0.2, 0.25) is 0 Å². The van der Waals surface area contributed by atoms with E-state index < -0.39 is 0 Å². The van der Waals surface area contributed by atoms with Gasteiger partial charge in [0, 0.05) is 75.2 Å². The molecule has 3 aliphatic rings. The first-order valence-electron chi connectivity index (χ1n) is 27.9. The van der Waals surface area contributed by atoms with E-state index in [-0.39, 0.29) is 14.9 Å². The average Bonchev–Trinajstić information content (AvgIpc) is 4.38. The average molecular weight is 1120 g/mol. The van der Waals surface area contributed by atoms with Crippen LogP contribution in [0.1, 0.15) is 83.2 Å². The van der Waals surface area contributed by atoms with Crippen molar-refractivity contribution in [3.05, 3.63) is 264 Å². The highest BCUT2D eigenvalue weighted by Crippen LogP contribution is 2.29. The van der Waals surface area contributed by atoms with Gasteiger partial charge in [0.1, 0.15) is 70.9 Å². The van der Waals surface area contributed by atoms with Gasteiger partial charge in [0.15, 0.2) is 17.5 Å². The smallest absolute Gasteiger partial charge is 0.300 e. The van der Waals surface area contributed by atoms with Crippen molar-refractivity contribution >= 4 is 33.6 Å². The molecule has 0 unspecified atom stereocenters. The lowest BCUT2D eigenvalue weighted by Crippen LogP contribution is -2.29. The number of hydrogen-bond donors (Lipinski definition) is 0. The van der Waals surface area contributed by atoms with Crippen molar-refractivity contribution in [3.8, 4) is 17.1 Å². The molecule has 15 heterocycles. The minimum Gasteiger partial charge on any atom is -0.300 e. The fourth-order valence-electron chi connectivity index (χ4n) is 11.9. The van der Waals surface area contributed by atoms with Gasteiger partial charge in [-0.05, 0) is 80.9 Å². The Labute approximate surface area is 490 Å². The fourth-order valence-corrected chi connectivity index (χ4v) is 11.9. The summed E-state index contributed by atoms with van der Waals surface area (Å²) in [6, 6.07) is 42.1. The zero-order valence-corrected chi connectivity index (χ0v) is 48.3. The van der Waals surface area contributed by atoms with Crippen molar-refractivity contribution in [1.29, 1.82) is 0 Å². The van der Waals surface area contributed by atoms with Crippen molar-refractivity contribution in [2.75, 3.05) is 0 Å². The van der Waals surface area contributed by atoms with Crippen LogP contribution >= 0.6 is 0 Å². The standard InChI is InChI=1S/2C12H13N2.2C11H12N3.C11H10N2.C9H8N4.2CH4/c1-9-12-7-10-5-3-4-6-11(10)14(12)8-13(9)2;1-9-8-14-11-6-4-3-5-10(11)7-12(14)13(9)2;1-9-12(2)8-11-13-6-4-3-5-10(13)7-14(9)11;1-9-7-13-8-10-5-3-4-6-14(10)11(13)12(9)2;1-8-12-7-10-6-9-4-2-3-5-11(9)13(8)10;1-7-9-12(6-10-7)5-8-3-2-4-11-13(8)9;;/h2*3-6,8H,7H2,1-2H3;2*3-8H,1-2H3;2-5,7H,6H2,1H3;2-6H,1H3;2*1H4/q4*+1;;;;. The summed E-state index contributed by atoms with van der Waals surface area (Å²) >= 11 is 0. The van der Waals surface area contributed by atoms with Crippen LogP contribution in [0.25, 0.3) is 50.7 Å². The van der Waals surface area contributed by atoms with E-state index in [1.54, 1.807) is 12.5 Å². The second-order valence-corrected chi connectivity index (χ2v) is 21.6. The summed E-state index contributed by atoms with van der Waals surface area (Å²) in [5, 5.41) is 4.26. The molecule has 3 aliphatic heterocycles. The van der Waals surface area contributed by atoms with Crippen LogP contribution in [0.4, 0.5) is 0 Å². The Morgan fingerprint density at radius 2 is 1.21 bits per heavy atom. The SMILES string of the molecule is C.C.Cc1c2[n+](cn1C)-c1ccccc1C2.Cc1c[n+]2c(n1C)Cc1ccccc1-2.Cc1c[n+]2cc3ccccn3c2n1C.Cc1n2cc3ccccn3c2c[n+]1C.Cc1ncc2n1-c1ccccc1C2.Cc1ncn2cc3cccnn3c12. The molecule has 15 aromatic rings. The third-order valence-electron chi connectivity index (χ3n) is 16.6. The largest absolute Gasteiger partial charge is 0.374 e. The van der Waals surface area contributed by atoms with E-state index in [2.05, 4.69) is 279 Å². The van der Waals surface area contributed by atoms with Crippen molar-refractivity contribution < 1.29 is 18.1 Å². The summed E-state index contributed by atoms with van der Waals surface area (Å²) in [6.45, 7) is 12.6. The predicted molar refractivity (Wildman–Crippen MR) is 331 cm³/mol.